The van der Waals surface area contributed by atoms with E-state index in [0.29, 0.717) is 11.5 Å². The molecule has 1 aliphatic rings. The molecule has 2 aromatic heterocycles. The smallest absolute Gasteiger partial charge is 0.194 e. The third kappa shape index (κ3) is 2.18. The van der Waals surface area contributed by atoms with Crippen molar-refractivity contribution < 1.29 is 4.79 Å². The Balaban J connectivity index is 1.77. The molecule has 0 unspecified atom stereocenters. The summed E-state index contributed by atoms with van der Waals surface area (Å²) in [5, 5.41) is 2.01. The molecule has 21 heavy (non-hydrogen) atoms. The molecule has 1 aromatic carbocycles. The number of aromatic nitrogens is 1. The summed E-state index contributed by atoms with van der Waals surface area (Å²) >= 11 is 1.63. The van der Waals surface area contributed by atoms with Crippen LogP contribution in [-0.2, 0) is 0 Å². The molecule has 1 saturated carbocycles. The van der Waals surface area contributed by atoms with Gasteiger partial charge in [-0.05, 0) is 41.8 Å². The maximum Gasteiger partial charge on any atom is 0.194 e. The van der Waals surface area contributed by atoms with Gasteiger partial charge < -0.3 is 0 Å². The second-order valence-electron chi connectivity index (χ2n) is 5.57. The van der Waals surface area contributed by atoms with Crippen molar-refractivity contribution in [3.05, 3.63) is 64.7 Å². The molecule has 0 amide bonds. The predicted molar refractivity (Wildman–Crippen MR) is 86.1 cm³/mol. The average molecular weight is 293 g/mol. The highest BCUT2D eigenvalue weighted by Crippen LogP contribution is 2.38. The van der Waals surface area contributed by atoms with E-state index >= 15 is 0 Å². The number of pyridine rings is 1. The Morgan fingerprint density at radius 1 is 1.19 bits per heavy atom. The van der Waals surface area contributed by atoms with E-state index in [0.717, 1.165) is 15.8 Å². The highest BCUT2D eigenvalue weighted by molar-refractivity contribution is 7.17. The predicted octanol–water partition coefficient (Wildman–Crippen LogP) is 4.79. The normalized spacial score (nSPS) is 15.0. The minimum Gasteiger partial charge on any atom is -0.289 e. The molecule has 1 aliphatic carbocycles. The molecule has 4 rings (SSSR count). The standard InChI is InChI=1S/C18H15NOS/c20-18(13-10-17-16(19-11-13)8-9-21-17)15-7-2-1-6-14(15)12-4-3-5-12/h1-2,6-12H,3-5H2. The number of fused-ring (bicyclic) bond motifs is 1. The van der Waals surface area contributed by atoms with Crippen LogP contribution < -0.4 is 0 Å². The first-order valence-electron chi connectivity index (χ1n) is 7.30. The molecule has 0 saturated heterocycles. The summed E-state index contributed by atoms with van der Waals surface area (Å²) in [6, 6.07) is 12.0. The van der Waals surface area contributed by atoms with Gasteiger partial charge in [-0.2, -0.15) is 0 Å². The molecule has 3 heteroatoms. The summed E-state index contributed by atoms with van der Waals surface area (Å²) in [5.41, 5.74) is 3.71. The van der Waals surface area contributed by atoms with E-state index < -0.39 is 0 Å². The second-order valence-corrected chi connectivity index (χ2v) is 6.52. The van der Waals surface area contributed by atoms with Crippen LogP contribution in [0.1, 0.15) is 46.7 Å². The molecule has 0 aliphatic heterocycles. The maximum absolute atomic E-state index is 12.8. The van der Waals surface area contributed by atoms with E-state index in [-0.39, 0.29) is 5.78 Å². The third-order valence-electron chi connectivity index (χ3n) is 4.32. The van der Waals surface area contributed by atoms with Crippen molar-refractivity contribution in [2.75, 3.05) is 0 Å². The SMILES string of the molecule is O=C(c1cnc2ccsc2c1)c1ccccc1C1CCC1. The molecule has 0 bridgehead atoms. The van der Waals surface area contributed by atoms with Crippen LogP contribution in [-0.4, -0.2) is 10.8 Å². The van der Waals surface area contributed by atoms with Crippen LogP contribution in [0.5, 0.6) is 0 Å². The topological polar surface area (TPSA) is 30.0 Å². The molecule has 1 fully saturated rings. The Labute approximate surface area is 127 Å². The van der Waals surface area contributed by atoms with Crippen molar-refractivity contribution in [1.82, 2.24) is 4.98 Å². The molecule has 3 aromatic rings. The lowest BCUT2D eigenvalue weighted by Gasteiger charge is -2.27. The monoisotopic (exact) mass is 293 g/mol. The fraction of sp³-hybridized carbons (Fsp3) is 0.222. The number of hydrogen-bond donors (Lipinski definition) is 0. The molecule has 0 atom stereocenters. The zero-order chi connectivity index (χ0) is 14.2. The van der Waals surface area contributed by atoms with Crippen LogP contribution in [0.3, 0.4) is 0 Å². The Morgan fingerprint density at radius 2 is 2.05 bits per heavy atom. The first kappa shape index (κ1) is 12.7. The molecule has 2 nitrogen and oxygen atoms in total. The van der Waals surface area contributed by atoms with Gasteiger partial charge in [0.25, 0.3) is 0 Å². The highest BCUT2D eigenvalue weighted by Gasteiger charge is 2.24. The first-order chi connectivity index (χ1) is 10.3. The lowest BCUT2D eigenvalue weighted by Crippen LogP contribution is -2.14. The quantitative estimate of drug-likeness (QED) is 0.650. The summed E-state index contributed by atoms with van der Waals surface area (Å²) in [4.78, 5) is 17.2. The second kappa shape index (κ2) is 5.08. The van der Waals surface area contributed by atoms with Crippen LogP contribution in [0.25, 0.3) is 10.2 Å². The molecule has 104 valence electrons. The lowest BCUT2D eigenvalue weighted by molar-refractivity contribution is 0.103. The number of benzene rings is 1. The Kier molecular flexibility index (Phi) is 3.08. The Hall–Kier alpha value is -2.00. The lowest BCUT2D eigenvalue weighted by atomic mass is 9.77. The van der Waals surface area contributed by atoms with E-state index in [9.17, 15) is 4.79 Å². The van der Waals surface area contributed by atoms with Gasteiger partial charge in [-0.3, -0.25) is 9.78 Å². The Bertz CT molecular complexity index is 817. The van der Waals surface area contributed by atoms with E-state index in [1.165, 1.54) is 24.8 Å². The summed E-state index contributed by atoms with van der Waals surface area (Å²) in [7, 11) is 0. The van der Waals surface area contributed by atoms with Gasteiger partial charge in [0.2, 0.25) is 0 Å². The summed E-state index contributed by atoms with van der Waals surface area (Å²) < 4.78 is 1.07. The minimum atomic E-state index is 0.0975. The molecular formula is C18H15NOS. The van der Waals surface area contributed by atoms with Crippen LogP contribution in [0.2, 0.25) is 0 Å². The zero-order valence-electron chi connectivity index (χ0n) is 11.6. The fourth-order valence-corrected chi connectivity index (χ4v) is 3.69. The van der Waals surface area contributed by atoms with Crippen molar-refractivity contribution >= 4 is 27.3 Å². The number of hydrogen-bond acceptors (Lipinski definition) is 3. The number of nitrogens with zero attached hydrogens (tertiary/aromatic N) is 1. The van der Waals surface area contributed by atoms with Gasteiger partial charge in [0.05, 0.1) is 10.2 Å². The van der Waals surface area contributed by atoms with Crippen LogP contribution in [0, 0.1) is 0 Å². The average Bonchev–Trinajstić information content (AvgIpc) is 2.92. The fourth-order valence-electron chi connectivity index (χ4n) is 2.91. The van der Waals surface area contributed by atoms with Crippen molar-refractivity contribution in [3.63, 3.8) is 0 Å². The minimum absolute atomic E-state index is 0.0975. The summed E-state index contributed by atoms with van der Waals surface area (Å²) in [6.07, 6.45) is 5.38. The number of carbonyl (C=O) groups excluding carboxylic acids is 1. The number of ketones is 1. The first-order valence-corrected chi connectivity index (χ1v) is 8.18. The van der Waals surface area contributed by atoms with Gasteiger partial charge in [0, 0.05) is 17.3 Å². The van der Waals surface area contributed by atoms with Crippen molar-refractivity contribution in [2.45, 2.75) is 25.2 Å². The van der Waals surface area contributed by atoms with Gasteiger partial charge >= 0.3 is 0 Å². The van der Waals surface area contributed by atoms with Crippen LogP contribution in [0.4, 0.5) is 0 Å². The zero-order valence-corrected chi connectivity index (χ0v) is 12.4. The van der Waals surface area contributed by atoms with Crippen molar-refractivity contribution in [3.8, 4) is 0 Å². The van der Waals surface area contributed by atoms with Crippen molar-refractivity contribution in [2.24, 2.45) is 0 Å². The summed E-state index contributed by atoms with van der Waals surface area (Å²) in [6.45, 7) is 0. The molecule has 0 N–H and O–H groups in total. The molecule has 0 radical (unpaired) electrons. The Morgan fingerprint density at radius 3 is 2.86 bits per heavy atom. The molecule has 2 heterocycles. The van der Waals surface area contributed by atoms with Gasteiger partial charge in [0.15, 0.2) is 5.78 Å². The number of thiophene rings is 1. The largest absolute Gasteiger partial charge is 0.289 e. The van der Waals surface area contributed by atoms with Gasteiger partial charge in [-0.25, -0.2) is 0 Å². The number of carbonyl (C=O) groups is 1. The van der Waals surface area contributed by atoms with Crippen molar-refractivity contribution in [1.29, 1.82) is 0 Å². The molecule has 0 spiro atoms. The maximum atomic E-state index is 12.8. The van der Waals surface area contributed by atoms with Gasteiger partial charge in [-0.1, -0.05) is 30.7 Å². The van der Waals surface area contributed by atoms with Crippen LogP contribution in [0.15, 0.2) is 48.0 Å². The van der Waals surface area contributed by atoms with Crippen LogP contribution >= 0.6 is 11.3 Å². The van der Waals surface area contributed by atoms with Gasteiger partial charge in [-0.15, -0.1) is 11.3 Å². The van der Waals surface area contributed by atoms with E-state index in [1.54, 1.807) is 17.5 Å². The van der Waals surface area contributed by atoms with E-state index in [1.807, 2.05) is 35.7 Å². The van der Waals surface area contributed by atoms with E-state index in [4.69, 9.17) is 0 Å². The number of rotatable bonds is 3. The highest BCUT2D eigenvalue weighted by atomic mass is 32.1. The van der Waals surface area contributed by atoms with Gasteiger partial charge in [0.1, 0.15) is 0 Å². The molecular weight excluding hydrogens is 278 g/mol. The third-order valence-corrected chi connectivity index (χ3v) is 5.17. The van der Waals surface area contributed by atoms with E-state index in [2.05, 4.69) is 11.1 Å². The summed E-state index contributed by atoms with van der Waals surface area (Å²) in [5.74, 6) is 0.656.